The molecule has 0 aromatic heterocycles. The predicted molar refractivity (Wildman–Crippen MR) is 2.75 cm³/mol. The third-order valence-electron chi connectivity index (χ3n) is 0. The van der Waals surface area contributed by atoms with Crippen molar-refractivity contribution in [3.8, 4) is 0 Å². The van der Waals surface area contributed by atoms with Gasteiger partial charge in [0.25, 0.3) is 0 Å². The van der Waals surface area contributed by atoms with Crippen LogP contribution in [0.4, 0.5) is 0 Å². The average Bonchev–Trinajstić information content (AvgIpc) is 1.12. The van der Waals surface area contributed by atoms with E-state index < -0.39 is 26.7 Å². The summed E-state index contributed by atoms with van der Waals surface area (Å²) in [5.74, 6) is 0. The number of hydrogen-bond acceptors (Lipinski definition) is 8. The van der Waals surface area contributed by atoms with E-state index in [2.05, 4.69) is 0 Å². The van der Waals surface area contributed by atoms with Crippen LogP contribution >= 0.6 is 0 Å². The summed E-state index contributed by atoms with van der Waals surface area (Å²) in [4.78, 5) is 0. The van der Waals surface area contributed by atoms with E-state index >= 15 is 0 Å². The number of rotatable bonds is 0. The first-order chi connectivity index (χ1) is 4.00. The van der Waals surface area contributed by atoms with Crippen molar-refractivity contribution in [2.75, 3.05) is 0 Å². The van der Waals surface area contributed by atoms with Crippen LogP contribution in [0.2, 0.25) is 0 Å². The Kier molecular flexibility index (Phi) is 18.5. The molecule has 0 heterocycles. The van der Waals surface area contributed by atoms with Gasteiger partial charge in [0.1, 0.15) is 0 Å². The summed E-state index contributed by atoms with van der Waals surface area (Å²) in [5, 5.41) is 0. The fourth-order valence-electron chi connectivity index (χ4n) is 0. The van der Waals surface area contributed by atoms with Crippen LogP contribution in [0.15, 0.2) is 0 Å². The van der Waals surface area contributed by atoms with Gasteiger partial charge in [0, 0.05) is 0 Å². The Labute approximate surface area is 112 Å². The minimum absolute atomic E-state index is 0. The molecule has 0 spiro atoms. The topological polar surface area (TPSA) is 161 Å². The molecule has 0 saturated heterocycles. The molecule has 0 amide bonds. The quantitative estimate of drug-likeness (QED) is 0.372. The summed E-state index contributed by atoms with van der Waals surface area (Å²) in [5.41, 5.74) is 0. The fourth-order valence-corrected chi connectivity index (χ4v) is 0. The first-order valence-electron chi connectivity index (χ1n) is 1.23. The molecule has 0 saturated carbocycles. The van der Waals surface area contributed by atoms with Crippen molar-refractivity contribution >= 4 is 0 Å². The molecule has 0 radical (unpaired) electrons. The Bertz CT molecular complexity index is 213. The van der Waals surface area contributed by atoms with E-state index in [0.717, 1.165) is 0 Å². The van der Waals surface area contributed by atoms with E-state index in [1.807, 2.05) is 0 Å². The standard InChI is InChI=1S/La.Li.2Mn.8O/q+3;+1;;;;;;;4*-1. The van der Waals surface area contributed by atoms with Gasteiger partial charge < -0.3 is 0 Å². The van der Waals surface area contributed by atoms with Crippen molar-refractivity contribution in [2.24, 2.45) is 0 Å². The van der Waals surface area contributed by atoms with Gasteiger partial charge in [-0.05, 0) is 0 Å². The van der Waals surface area contributed by atoms with Crippen LogP contribution in [0.5, 0.6) is 0 Å². The van der Waals surface area contributed by atoms with Gasteiger partial charge >= 0.3 is 113 Å². The van der Waals surface area contributed by atoms with Crippen molar-refractivity contribution in [3.63, 3.8) is 0 Å². The van der Waals surface area contributed by atoms with Gasteiger partial charge in [-0.3, -0.25) is 0 Å². The van der Waals surface area contributed by atoms with Crippen molar-refractivity contribution < 1.29 is 113 Å². The summed E-state index contributed by atoms with van der Waals surface area (Å²) in [7, 11) is 0. The van der Waals surface area contributed by atoms with E-state index in [-0.39, 0.29) is 54.5 Å². The van der Waals surface area contributed by atoms with Crippen molar-refractivity contribution in [1.82, 2.24) is 0 Å². The second-order valence-corrected chi connectivity index (χ2v) is 3.12. The molecule has 0 atom stereocenters. The second kappa shape index (κ2) is 9.43. The van der Waals surface area contributed by atoms with E-state index in [1.54, 1.807) is 0 Å². The van der Waals surface area contributed by atoms with Crippen molar-refractivity contribution in [2.45, 2.75) is 0 Å². The van der Waals surface area contributed by atoms with Gasteiger partial charge in [0.05, 0.1) is 0 Å². The molecule has 0 unspecified atom stereocenters. The van der Waals surface area contributed by atoms with Crippen LogP contribution in [0.3, 0.4) is 0 Å². The summed E-state index contributed by atoms with van der Waals surface area (Å²) in [6.07, 6.45) is 0. The van der Waals surface area contributed by atoms with E-state index in [1.165, 1.54) is 0 Å². The van der Waals surface area contributed by atoms with Crippen LogP contribution in [-0.4, -0.2) is 0 Å². The Morgan fingerprint density at radius 2 is 0.667 bits per heavy atom. The molecule has 0 aromatic carbocycles. The Morgan fingerprint density at radius 1 is 0.667 bits per heavy atom. The van der Waals surface area contributed by atoms with Crippen LogP contribution < -0.4 is 35.6 Å². The van der Waals surface area contributed by atoms with E-state index in [9.17, 15) is 0 Å². The zero-order chi connectivity index (χ0) is 9.00. The van der Waals surface area contributed by atoms with Gasteiger partial charge in [0.15, 0.2) is 0 Å². The second-order valence-electron chi connectivity index (χ2n) is 0.756. The molecule has 8 nitrogen and oxygen atoms in total. The SMILES string of the molecule is [La+3].[Li+].[O]=[Mn](=[O])([O-])[O-].[O]=[Mn](=[O])([O-])[O-]. The van der Waals surface area contributed by atoms with Gasteiger partial charge in [-0.15, -0.1) is 0 Å². The zero-order valence-corrected chi connectivity index (χ0v) is 11.6. The fraction of sp³-hybridized carbons (Fsp3) is 0. The molecule has 0 rings (SSSR count). The van der Waals surface area contributed by atoms with Crippen LogP contribution in [0.25, 0.3) is 0 Å². The van der Waals surface area contributed by atoms with Gasteiger partial charge in [0.2, 0.25) is 0 Å². The molecule has 0 aliphatic carbocycles. The summed E-state index contributed by atoms with van der Waals surface area (Å²) in [6, 6.07) is 0. The Balaban J connectivity index is -0.0000000457. The van der Waals surface area contributed by atoms with Crippen LogP contribution in [0.1, 0.15) is 0 Å². The molecule has 0 aromatic rings. The molecular weight excluding hydrogens is 384 g/mol. The molecule has 0 bridgehead atoms. The molecular formula is LaLiMn2O8. The van der Waals surface area contributed by atoms with Gasteiger partial charge in [-0.25, -0.2) is 0 Å². The third kappa shape index (κ3) is 401. The van der Waals surface area contributed by atoms with E-state index in [0.29, 0.717) is 0 Å². The maximum absolute atomic E-state index is 8.58. The predicted octanol–water partition coefficient (Wildman–Crippen LogP) is -8.23. The third-order valence-corrected chi connectivity index (χ3v) is 0. The van der Waals surface area contributed by atoms with Crippen LogP contribution in [-0.2, 0) is 42.1 Å². The molecule has 12 heavy (non-hydrogen) atoms. The average molecular weight is 384 g/mol. The van der Waals surface area contributed by atoms with Gasteiger partial charge in [-0.1, -0.05) is 0 Å². The summed E-state index contributed by atoms with van der Waals surface area (Å²) < 4.78 is 68.6. The summed E-state index contributed by atoms with van der Waals surface area (Å²) >= 11 is -11.2. The normalized spacial score (nSPS) is 9.67. The minimum atomic E-state index is -5.62. The first kappa shape index (κ1) is 23.6. The Hall–Kier alpha value is 1.87. The maximum atomic E-state index is 8.58. The van der Waals surface area contributed by atoms with E-state index in [4.69, 9.17) is 32.1 Å². The number of hydrogen-bond donors (Lipinski definition) is 0. The van der Waals surface area contributed by atoms with Gasteiger partial charge in [-0.2, -0.15) is 0 Å². The molecule has 66 valence electrons. The molecule has 0 N–H and O–H groups in total. The first-order valence-corrected chi connectivity index (χ1v) is 5.09. The van der Waals surface area contributed by atoms with Crippen LogP contribution in [0, 0.1) is 35.6 Å². The molecule has 0 aliphatic rings. The molecule has 0 aliphatic heterocycles. The van der Waals surface area contributed by atoms with Crippen molar-refractivity contribution in [3.05, 3.63) is 0 Å². The molecule has 0 fully saturated rings. The zero-order valence-electron chi connectivity index (χ0n) is 5.60. The monoisotopic (exact) mass is 384 g/mol. The van der Waals surface area contributed by atoms with Crippen molar-refractivity contribution in [1.29, 1.82) is 0 Å². The summed E-state index contributed by atoms with van der Waals surface area (Å²) in [6.45, 7) is 0. The molecule has 12 heteroatoms. The Morgan fingerprint density at radius 3 is 0.667 bits per heavy atom.